The van der Waals surface area contributed by atoms with E-state index in [-0.39, 0.29) is 5.91 Å². The maximum absolute atomic E-state index is 11.8. The maximum Gasteiger partial charge on any atom is 0.244 e. The second-order valence-corrected chi connectivity index (χ2v) is 4.18. The van der Waals surface area contributed by atoms with Crippen LogP contribution < -0.4 is 9.47 Å². The summed E-state index contributed by atoms with van der Waals surface area (Å²) in [6.07, 6.45) is 0. The standard InChI is InChI=1S/C12H16ClNO3/c1-14(2)12(15)11(13)8-5-9(16-3)7-10(6-8)17-4/h5-7,11H,1-4H3. The van der Waals surface area contributed by atoms with Crippen molar-refractivity contribution < 1.29 is 14.3 Å². The maximum atomic E-state index is 11.8. The molecule has 1 amide bonds. The normalized spacial score (nSPS) is 11.8. The molecule has 0 aromatic heterocycles. The number of ether oxygens (including phenoxy) is 2. The van der Waals surface area contributed by atoms with Crippen molar-refractivity contribution in [2.24, 2.45) is 0 Å². The highest BCUT2D eigenvalue weighted by Gasteiger charge is 2.20. The SMILES string of the molecule is COc1cc(OC)cc(C(Cl)C(=O)N(C)C)c1. The van der Waals surface area contributed by atoms with Crippen molar-refractivity contribution in [2.75, 3.05) is 28.3 Å². The molecule has 0 spiro atoms. The molecule has 94 valence electrons. The summed E-state index contributed by atoms with van der Waals surface area (Å²) in [6.45, 7) is 0. The molecule has 0 bridgehead atoms. The van der Waals surface area contributed by atoms with Gasteiger partial charge in [0.2, 0.25) is 5.91 Å². The molecule has 0 fully saturated rings. The fourth-order valence-corrected chi connectivity index (χ4v) is 1.67. The molecule has 0 radical (unpaired) electrons. The molecule has 0 aliphatic carbocycles. The van der Waals surface area contributed by atoms with Crippen LogP contribution in [0.2, 0.25) is 0 Å². The molecule has 0 aliphatic heterocycles. The lowest BCUT2D eigenvalue weighted by atomic mass is 10.1. The number of carbonyl (C=O) groups is 1. The van der Waals surface area contributed by atoms with Gasteiger partial charge in [0, 0.05) is 20.2 Å². The third-order valence-corrected chi connectivity index (χ3v) is 2.76. The van der Waals surface area contributed by atoms with E-state index in [1.807, 2.05) is 0 Å². The molecular formula is C12H16ClNO3. The second kappa shape index (κ2) is 5.77. The minimum atomic E-state index is -0.742. The Kier molecular flexibility index (Phi) is 4.63. The van der Waals surface area contributed by atoms with Crippen molar-refractivity contribution in [1.29, 1.82) is 0 Å². The molecule has 0 heterocycles. The summed E-state index contributed by atoms with van der Waals surface area (Å²) in [5.74, 6) is 1.04. The first-order valence-electron chi connectivity index (χ1n) is 5.07. The number of benzene rings is 1. The fraction of sp³-hybridized carbons (Fsp3) is 0.417. The zero-order valence-corrected chi connectivity index (χ0v) is 11.1. The Bertz CT molecular complexity index is 384. The number of carbonyl (C=O) groups excluding carboxylic acids is 1. The molecule has 17 heavy (non-hydrogen) atoms. The van der Waals surface area contributed by atoms with Crippen molar-refractivity contribution >= 4 is 17.5 Å². The van der Waals surface area contributed by atoms with Crippen molar-refractivity contribution in [1.82, 2.24) is 4.90 Å². The molecule has 0 saturated carbocycles. The Morgan fingerprint density at radius 1 is 1.18 bits per heavy atom. The van der Waals surface area contributed by atoms with Gasteiger partial charge < -0.3 is 14.4 Å². The number of amides is 1. The van der Waals surface area contributed by atoms with E-state index in [1.165, 1.54) is 4.90 Å². The molecule has 1 aromatic carbocycles. The van der Waals surface area contributed by atoms with Crippen LogP contribution in [0.5, 0.6) is 11.5 Å². The number of hydrogen-bond donors (Lipinski definition) is 0. The van der Waals surface area contributed by atoms with Crippen LogP contribution in [0.4, 0.5) is 0 Å². The van der Waals surface area contributed by atoms with Crippen LogP contribution in [-0.2, 0) is 4.79 Å². The lowest BCUT2D eigenvalue weighted by Gasteiger charge is -2.16. The minimum absolute atomic E-state index is 0.179. The molecule has 4 nitrogen and oxygen atoms in total. The third kappa shape index (κ3) is 3.27. The number of rotatable bonds is 4. The second-order valence-electron chi connectivity index (χ2n) is 3.74. The van der Waals surface area contributed by atoms with Crippen LogP contribution in [0.15, 0.2) is 18.2 Å². The number of methoxy groups -OCH3 is 2. The van der Waals surface area contributed by atoms with E-state index >= 15 is 0 Å². The summed E-state index contributed by atoms with van der Waals surface area (Å²) in [5.41, 5.74) is 0.654. The Labute approximate surface area is 106 Å². The first kappa shape index (κ1) is 13.6. The molecule has 0 saturated heterocycles. The zero-order chi connectivity index (χ0) is 13.0. The van der Waals surface area contributed by atoms with Gasteiger partial charge >= 0.3 is 0 Å². The zero-order valence-electron chi connectivity index (χ0n) is 10.4. The number of nitrogens with zero attached hydrogens (tertiary/aromatic N) is 1. The summed E-state index contributed by atoms with van der Waals surface area (Å²) < 4.78 is 10.2. The van der Waals surface area contributed by atoms with E-state index in [0.29, 0.717) is 17.1 Å². The van der Waals surface area contributed by atoms with E-state index in [0.717, 1.165) is 0 Å². The molecule has 5 heteroatoms. The van der Waals surface area contributed by atoms with Crippen LogP contribution in [0, 0.1) is 0 Å². The number of hydrogen-bond acceptors (Lipinski definition) is 3. The Balaban J connectivity index is 3.08. The van der Waals surface area contributed by atoms with Crippen LogP contribution >= 0.6 is 11.6 Å². The smallest absolute Gasteiger partial charge is 0.244 e. The lowest BCUT2D eigenvalue weighted by molar-refractivity contribution is -0.128. The Morgan fingerprint density at radius 3 is 2.00 bits per heavy atom. The van der Waals surface area contributed by atoms with Crippen molar-refractivity contribution in [2.45, 2.75) is 5.38 Å². The highest BCUT2D eigenvalue weighted by atomic mass is 35.5. The van der Waals surface area contributed by atoms with Crippen molar-refractivity contribution in [3.8, 4) is 11.5 Å². The molecular weight excluding hydrogens is 242 g/mol. The van der Waals surface area contributed by atoms with E-state index in [2.05, 4.69) is 0 Å². The van der Waals surface area contributed by atoms with Crippen molar-refractivity contribution in [3.63, 3.8) is 0 Å². The molecule has 0 aliphatic rings. The molecule has 1 atom stereocenters. The average Bonchev–Trinajstić information content (AvgIpc) is 2.35. The number of alkyl halides is 1. The predicted octanol–water partition coefficient (Wildman–Crippen LogP) is 2.07. The van der Waals surface area contributed by atoms with Crippen LogP contribution in [0.1, 0.15) is 10.9 Å². The summed E-state index contributed by atoms with van der Waals surface area (Å²) in [4.78, 5) is 13.2. The van der Waals surface area contributed by atoms with E-state index < -0.39 is 5.38 Å². The minimum Gasteiger partial charge on any atom is -0.497 e. The van der Waals surface area contributed by atoms with E-state index in [1.54, 1.807) is 46.5 Å². The average molecular weight is 258 g/mol. The molecule has 1 rings (SSSR count). The van der Waals surface area contributed by atoms with Gasteiger partial charge in [-0.2, -0.15) is 0 Å². The number of halogens is 1. The van der Waals surface area contributed by atoms with Gasteiger partial charge in [0.25, 0.3) is 0 Å². The fourth-order valence-electron chi connectivity index (χ4n) is 1.35. The van der Waals surface area contributed by atoms with Gasteiger partial charge in [-0.25, -0.2) is 0 Å². The first-order valence-corrected chi connectivity index (χ1v) is 5.51. The summed E-state index contributed by atoms with van der Waals surface area (Å²) in [5, 5.41) is -0.742. The van der Waals surface area contributed by atoms with Gasteiger partial charge in [-0.15, -0.1) is 11.6 Å². The highest BCUT2D eigenvalue weighted by Crippen LogP contribution is 2.30. The van der Waals surface area contributed by atoms with Crippen LogP contribution in [0.25, 0.3) is 0 Å². The van der Waals surface area contributed by atoms with Crippen LogP contribution in [-0.4, -0.2) is 39.1 Å². The summed E-state index contributed by atoms with van der Waals surface area (Å²) in [6, 6.07) is 5.18. The molecule has 1 unspecified atom stereocenters. The Morgan fingerprint density at radius 2 is 1.65 bits per heavy atom. The van der Waals surface area contributed by atoms with Gasteiger partial charge in [0.1, 0.15) is 16.9 Å². The summed E-state index contributed by atoms with van der Waals surface area (Å²) >= 11 is 6.11. The van der Waals surface area contributed by atoms with E-state index in [4.69, 9.17) is 21.1 Å². The molecule has 1 aromatic rings. The summed E-state index contributed by atoms with van der Waals surface area (Å²) in [7, 11) is 6.43. The van der Waals surface area contributed by atoms with Gasteiger partial charge in [-0.05, 0) is 17.7 Å². The largest absolute Gasteiger partial charge is 0.497 e. The highest BCUT2D eigenvalue weighted by molar-refractivity contribution is 6.30. The number of likely N-dealkylation sites (N-methyl/N-ethyl adjacent to an activating group) is 1. The van der Waals surface area contributed by atoms with Gasteiger partial charge in [0.05, 0.1) is 14.2 Å². The third-order valence-electron chi connectivity index (χ3n) is 2.32. The van der Waals surface area contributed by atoms with Gasteiger partial charge in [-0.3, -0.25) is 4.79 Å². The molecule has 0 N–H and O–H groups in total. The van der Waals surface area contributed by atoms with Gasteiger partial charge in [0.15, 0.2) is 0 Å². The monoisotopic (exact) mass is 257 g/mol. The van der Waals surface area contributed by atoms with Gasteiger partial charge in [-0.1, -0.05) is 0 Å². The van der Waals surface area contributed by atoms with Crippen molar-refractivity contribution in [3.05, 3.63) is 23.8 Å². The Hall–Kier alpha value is -1.42. The van der Waals surface area contributed by atoms with Crippen LogP contribution in [0.3, 0.4) is 0 Å². The quantitative estimate of drug-likeness (QED) is 0.775. The predicted molar refractivity (Wildman–Crippen MR) is 66.8 cm³/mol. The van der Waals surface area contributed by atoms with E-state index in [9.17, 15) is 4.79 Å². The first-order chi connectivity index (χ1) is 7.99. The topological polar surface area (TPSA) is 38.8 Å². The lowest BCUT2D eigenvalue weighted by Crippen LogP contribution is -2.25.